The molecule has 1 amide bonds. The summed E-state index contributed by atoms with van der Waals surface area (Å²) in [6.07, 6.45) is 0. The molecular formula is C12H15ClF2N2O. The fourth-order valence-electron chi connectivity index (χ4n) is 1.95. The standard InChI is InChI=1S/C12H14F2N2O.ClH/c1-8-7-16(5-4-15-8)12(17)10-6-9(13)2-3-11(10)14;/h2-3,6,8,15H,4-5,7H2,1H3;1H/t8-;/m0./s1. The van der Waals surface area contributed by atoms with E-state index in [0.717, 1.165) is 18.2 Å². The Kier molecular flexibility index (Phi) is 5.04. The van der Waals surface area contributed by atoms with Crippen molar-refractivity contribution in [2.75, 3.05) is 19.6 Å². The number of carbonyl (C=O) groups excluding carboxylic acids is 1. The Bertz CT molecular complexity index is 442. The highest BCUT2D eigenvalue weighted by atomic mass is 35.5. The third-order valence-corrected chi connectivity index (χ3v) is 2.81. The second-order valence-electron chi connectivity index (χ2n) is 4.23. The third-order valence-electron chi connectivity index (χ3n) is 2.81. The maximum absolute atomic E-state index is 13.4. The van der Waals surface area contributed by atoms with Crippen LogP contribution < -0.4 is 5.32 Å². The fraction of sp³-hybridized carbons (Fsp3) is 0.417. The van der Waals surface area contributed by atoms with Crippen molar-refractivity contribution in [3.63, 3.8) is 0 Å². The van der Waals surface area contributed by atoms with Crippen LogP contribution in [0.3, 0.4) is 0 Å². The minimum atomic E-state index is -0.678. The summed E-state index contributed by atoms with van der Waals surface area (Å²) in [5.74, 6) is -1.73. The van der Waals surface area contributed by atoms with Gasteiger partial charge in [-0.3, -0.25) is 4.79 Å². The van der Waals surface area contributed by atoms with Gasteiger partial charge >= 0.3 is 0 Å². The molecule has 0 aromatic heterocycles. The van der Waals surface area contributed by atoms with Gasteiger partial charge in [-0.25, -0.2) is 8.78 Å². The smallest absolute Gasteiger partial charge is 0.257 e. The summed E-state index contributed by atoms with van der Waals surface area (Å²) in [5.41, 5.74) is -0.195. The maximum Gasteiger partial charge on any atom is 0.257 e. The number of piperazine rings is 1. The highest BCUT2D eigenvalue weighted by Crippen LogP contribution is 2.13. The fourth-order valence-corrected chi connectivity index (χ4v) is 1.95. The monoisotopic (exact) mass is 276 g/mol. The Morgan fingerprint density at radius 2 is 2.17 bits per heavy atom. The van der Waals surface area contributed by atoms with E-state index in [4.69, 9.17) is 0 Å². The van der Waals surface area contributed by atoms with Gasteiger partial charge in [0, 0.05) is 25.7 Å². The zero-order valence-electron chi connectivity index (χ0n) is 9.95. The van der Waals surface area contributed by atoms with Crippen molar-refractivity contribution in [2.45, 2.75) is 13.0 Å². The maximum atomic E-state index is 13.4. The predicted molar refractivity (Wildman–Crippen MR) is 67.0 cm³/mol. The SMILES string of the molecule is C[C@H]1CN(C(=O)c2cc(F)ccc2F)CCN1.Cl. The molecule has 2 rings (SSSR count). The predicted octanol–water partition coefficient (Wildman–Crippen LogP) is 1.82. The molecule has 1 fully saturated rings. The average molecular weight is 277 g/mol. The Labute approximate surface area is 111 Å². The summed E-state index contributed by atoms with van der Waals surface area (Å²) in [4.78, 5) is 13.6. The molecule has 0 aliphatic carbocycles. The van der Waals surface area contributed by atoms with Crippen molar-refractivity contribution in [3.8, 4) is 0 Å². The highest BCUT2D eigenvalue weighted by Gasteiger charge is 2.23. The van der Waals surface area contributed by atoms with Crippen LogP contribution in [0, 0.1) is 11.6 Å². The first-order chi connectivity index (χ1) is 8.08. The molecule has 0 bridgehead atoms. The van der Waals surface area contributed by atoms with Crippen molar-refractivity contribution >= 4 is 18.3 Å². The number of carbonyl (C=O) groups is 1. The summed E-state index contributed by atoms with van der Waals surface area (Å²) in [6.45, 7) is 3.64. The second-order valence-corrected chi connectivity index (χ2v) is 4.23. The Morgan fingerprint density at radius 3 is 2.83 bits per heavy atom. The summed E-state index contributed by atoms with van der Waals surface area (Å²) >= 11 is 0. The lowest BCUT2D eigenvalue weighted by molar-refractivity contribution is 0.0704. The summed E-state index contributed by atoms with van der Waals surface area (Å²) in [5, 5.41) is 3.18. The van der Waals surface area contributed by atoms with E-state index in [1.807, 2.05) is 6.92 Å². The van der Waals surface area contributed by atoms with Crippen LogP contribution in [-0.4, -0.2) is 36.5 Å². The first-order valence-corrected chi connectivity index (χ1v) is 5.55. The molecular weight excluding hydrogens is 262 g/mol. The molecule has 1 N–H and O–H groups in total. The topological polar surface area (TPSA) is 32.3 Å². The van der Waals surface area contributed by atoms with E-state index >= 15 is 0 Å². The molecule has 0 spiro atoms. The van der Waals surface area contributed by atoms with Gasteiger partial charge in [-0.1, -0.05) is 0 Å². The van der Waals surface area contributed by atoms with Crippen LogP contribution in [0.2, 0.25) is 0 Å². The van der Waals surface area contributed by atoms with Crippen molar-refractivity contribution in [1.29, 1.82) is 0 Å². The van der Waals surface area contributed by atoms with Gasteiger partial charge in [0.05, 0.1) is 5.56 Å². The number of halogens is 3. The average Bonchev–Trinajstić information content (AvgIpc) is 2.31. The molecule has 1 aliphatic rings. The zero-order valence-corrected chi connectivity index (χ0v) is 10.8. The van der Waals surface area contributed by atoms with E-state index in [0.29, 0.717) is 19.6 Å². The lowest BCUT2D eigenvalue weighted by Crippen LogP contribution is -2.51. The summed E-state index contributed by atoms with van der Waals surface area (Å²) in [7, 11) is 0. The van der Waals surface area contributed by atoms with Gasteiger partial charge in [0.15, 0.2) is 0 Å². The van der Waals surface area contributed by atoms with Crippen LogP contribution in [0.5, 0.6) is 0 Å². The molecule has 0 radical (unpaired) electrons. The Morgan fingerprint density at radius 1 is 1.44 bits per heavy atom. The van der Waals surface area contributed by atoms with E-state index in [-0.39, 0.29) is 24.0 Å². The second kappa shape index (κ2) is 6.11. The molecule has 1 heterocycles. The van der Waals surface area contributed by atoms with Crippen LogP contribution >= 0.6 is 12.4 Å². The van der Waals surface area contributed by atoms with Gasteiger partial charge in [-0.05, 0) is 25.1 Å². The molecule has 0 unspecified atom stereocenters. The van der Waals surface area contributed by atoms with Crippen LogP contribution in [0.15, 0.2) is 18.2 Å². The normalized spacial score (nSPS) is 19.3. The number of benzene rings is 1. The van der Waals surface area contributed by atoms with Crippen molar-refractivity contribution in [2.24, 2.45) is 0 Å². The molecule has 1 aliphatic heterocycles. The molecule has 1 atom stereocenters. The van der Waals surface area contributed by atoms with Gasteiger partial charge < -0.3 is 10.2 Å². The van der Waals surface area contributed by atoms with Gasteiger partial charge in [-0.15, -0.1) is 12.4 Å². The summed E-state index contributed by atoms with van der Waals surface area (Å²) in [6, 6.07) is 3.11. The number of nitrogens with zero attached hydrogens (tertiary/aromatic N) is 1. The van der Waals surface area contributed by atoms with Crippen molar-refractivity contribution < 1.29 is 13.6 Å². The van der Waals surface area contributed by atoms with Gasteiger partial charge in [0.25, 0.3) is 5.91 Å². The van der Waals surface area contributed by atoms with Crippen LogP contribution in [0.1, 0.15) is 17.3 Å². The van der Waals surface area contributed by atoms with E-state index in [1.165, 1.54) is 0 Å². The molecule has 18 heavy (non-hydrogen) atoms. The Balaban J connectivity index is 0.00000162. The molecule has 1 aromatic carbocycles. The van der Waals surface area contributed by atoms with Crippen molar-refractivity contribution in [3.05, 3.63) is 35.4 Å². The number of hydrogen-bond acceptors (Lipinski definition) is 2. The molecule has 3 nitrogen and oxygen atoms in total. The number of rotatable bonds is 1. The molecule has 100 valence electrons. The minimum absolute atomic E-state index is 0. The van der Waals surface area contributed by atoms with Crippen molar-refractivity contribution in [1.82, 2.24) is 10.2 Å². The lowest BCUT2D eigenvalue weighted by Gasteiger charge is -2.32. The quantitative estimate of drug-likeness (QED) is 0.849. The first-order valence-electron chi connectivity index (χ1n) is 5.55. The van der Waals surface area contributed by atoms with Crippen LogP contribution in [-0.2, 0) is 0 Å². The molecule has 0 saturated carbocycles. The largest absolute Gasteiger partial charge is 0.336 e. The number of nitrogens with one attached hydrogen (secondary N) is 1. The minimum Gasteiger partial charge on any atom is -0.336 e. The lowest BCUT2D eigenvalue weighted by atomic mass is 10.1. The van der Waals surface area contributed by atoms with Gasteiger partial charge in [0.2, 0.25) is 0 Å². The van der Waals surface area contributed by atoms with E-state index < -0.39 is 17.5 Å². The highest BCUT2D eigenvalue weighted by molar-refractivity contribution is 5.94. The number of amides is 1. The van der Waals surface area contributed by atoms with Crippen LogP contribution in [0.4, 0.5) is 8.78 Å². The number of hydrogen-bond donors (Lipinski definition) is 1. The molecule has 6 heteroatoms. The van der Waals surface area contributed by atoms with Gasteiger partial charge in [-0.2, -0.15) is 0 Å². The molecule has 1 saturated heterocycles. The third kappa shape index (κ3) is 3.17. The molecule has 1 aromatic rings. The van der Waals surface area contributed by atoms with Gasteiger partial charge in [0.1, 0.15) is 11.6 Å². The zero-order chi connectivity index (χ0) is 12.4. The summed E-state index contributed by atoms with van der Waals surface area (Å²) < 4.78 is 26.4. The van der Waals surface area contributed by atoms with E-state index in [1.54, 1.807) is 4.90 Å². The van der Waals surface area contributed by atoms with E-state index in [9.17, 15) is 13.6 Å². The Hall–Kier alpha value is -1.20. The van der Waals surface area contributed by atoms with E-state index in [2.05, 4.69) is 5.32 Å². The first kappa shape index (κ1) is 14.9. The van der Waals surface area contributed by atoms with Crippen LogP contribution in [0.25, 0.3) is 0 Å².